The predicted octanol–water partition coefficient (Wildman–Crippen LogP) is 1.34. The average Bonchev–Trinajstić information content (AvgIpc) is 2.26. The van der Waals surface area contributed by atoms with Crippen molar-refractivity contribution in [3.8, 4) is 0 Å². The first-order chi connectivity index (χ1) is 7.99. The second-order valence-corrected chi connectivity index (χ2v) is 4.21. The molecule has 0 aliphatic rings. The van der Waals surface area contributed by atoms with E-state index in [1.165, 1.54) is 6.92 Å². The first-order valence-electron chi connectivity index (χ1n) is 5.14. The molecule has 0 fully saturated rings. The number of urea groups is 1. The molecule has 92 valence electrons. The lowest BCUT2D eigenvalue weighted by Crippen LogP contribution is -2.42. The van der Waals surface area contributed by atoms with Crippen LogP contribution in [0.4, 0.5) is 4.79 Å². The van der Waals surface area contributed by atoms with Gasteiger partial charge in [-0.1, -0.05) is 6.07 Å². The van der Waals surface area contributed by atoms with E-state index in [1.807, 2.05) is 19.1 Å². The van der Waals surface area contributed by atoms with Crippen molar-refractivity contribution >= 4 is 23.5 Å². The van der Waals surface area contributed by atoms with Crippen molar-refractivity contribution in [1.82, 2.24) is 15.6 Å². The molecular formula is C11H14ClN3O2. The zero-order valence-corrected chi connectivity index (χ0v) is 10.4. The van der Waals surface area contributed by atoms with E-state index in [4.69, 9.17) is 11.6 Å². The fourth-order valence-electron chi connectivity index (χ4n) is 1.12. The Labute approximate surface area is 105 Å². The number of aryl methyl sites for hydroxylation is 1. The van der Waals surface area contributed by atoms with E-state index in [1.54, 1.807) is 6.07 Å². The molecule has 17 heavy (non-hydrogen) atoms. The summed E-state index contributed by atoms with van der Waals surface area (Å²) in [5.74, 6) is -0.527. The van der Waals surface area contributed by atoms with E-state index >= 15 is 0 Å². The number of amides is 3. The van der Waals surface area contributed by atoms with Crippen LogP contribution < -0.4 is 10.6 Å². The Balaban J connectivity index is 2.41. The van der Waals surface area contributed by atoms with Gasteiger partial charge in [0.25, 0.3) is 0 Å². The number of aromatic nitrogens is 1. The fourth-order valence-corrected chi connectivity index (χ4v) is 1.18. The van der Waals surface area contributed by atoms with Crippen molar-refractivity contribution in [2.24, 2.45) is 0 Å². The Morgan fingerprint density at radius 3 is 2.76 bits per heavy atom. The van der Waals surface area contributed by atoms with E-state index in [-0.39, 0.29) is 6.54 Å². The third kappa shape index (κ3) is 4.82. The predicted molar refractivity (Wildman–Crippen MR) is 64.7 cm³/mol. The molecule has 0 bridgehead atoms. The smallest absolute Gasteiger partial charge is 0.321 e. The minimum absolute atomic E-state index is 0.261. The minimum atomic E-state index is -0.738. The summed E-state index contributed by atoms with van der Waals surface area (Å²) in [7, 11) is 0. The van der Waals surface area contributed by atoms with Gasteiger partial charge in [0, 0.05) is 5.69 Å². The van der Waals surface area contributed by atoms with Crippen LogP contribution in [0.1, 0.15) is 18.3 Å². The van der Waals surface area contributed by atoms with Crippen LogP contribution in [0.2, 0.25) is 0 Å². The fraction of sp³-hybridized carbons (Fsp3) is 0.364. The van der Waals surface area contributed by atoms with Crippen LogP contribution in [0.15, 0.2) is 18.2 Å². The molecule has 1 aromatic rings. The van der Waals surface area contributed by atoms with Crippen LogP contribution in [0.3, 0.4) is 0 Å². The van der Waals surface area contributed by atoms with Gasteiger partial charge in [-0.3, -0.25) is 15.1 Å². The molecule has 1 aromatic heterocycles. The average molecular weight is 256 g/mol. The van der Waals surface area contributed by atoms with E-state index in [9.17, 15) is 9.59 Å². The summed E-state index contributed by atoms with van der Waals surface area (Å²) in [4.78, 5) is 26.6. The maximum absolute atomic E-state index is 11.3. The molecule has 1 rings (SSSR count). The largest absolute Gasteiger partial charge is 0.332 e. The second kappa shape index (κ2) is 6.20. The van der Waals surface area contributed by atoms with E-state index in [0.29, 0.717) is 0 Å². The number of carbonyl (C=O) groups excluding carboxylic acids is 2. The molecule has 0 saturated heterocycles. The van der Waals surface area contributed by atoms with Gasteiger partial charge < -0.3 is 5.32 Å². The molecule has 1 unspecified atom stereocenters. The summed E-state index contributed by atoms with van der Waals surface area (Å²) < 4.78 is 0. The van der Waals surface area contributed by atoms with Crippen molar-refractivity contribution in [3.05, 3.63) is 29.6 Å². The summed E-state index contributed by atoms with van der Waals surface area (Å²) in [5.41, 5.74) is 1.60. The molecule has 3 amide bonds. The van der Waals surface area contributed by atoms with Crippen molar-refractivity contribution in [1.29, 1.82) is 0 Å². The maximum Gasteiger partial charge on any atom is 0.321 e. The molecule has 6 heteroatoms. The van der Waals surface area contributed by atoms with Gasteiger partial charge in [0.2, 0.25) is 5.91 Å². The zero-order chi connectivity index (χ0) is 12.8. The lowest BCUT2D eigenvalue weighted by molar-refractivity contribution is -0.119. The highest BCUT2D eigenvalue weighted by atomic mass is 35.5. The number of imide groups is 1. The van der Waals surface area contributed by atoms with Gasteiger partial charge in [-0.25, -0.2) is 4.79 Å². The van der Waals surface area contributed by atoms with Gasteiger partial charge >= 0.3 is 6.03 Å². The van der Waals surface area contributed by atoms with Crippen molar-refractivity contribution < 1.29 is 9.59 Å². The lowest BCUT2D eigenvalue weighted by Gasteiger charge is -2.07. The summed E-state index contributed by atoms with van der Waals surface area (Å²) in [5, 5.41) is 3.90. The van der Waals surface area contributed by atoms with Crippen LogP contribution in [0, 0.1) is 6.92 Å². The Morgan fingerprint density at radius 1 is 1.47 bits per heavy atom. The molecule has 0 saturated carbocycles. The number of carbonyl (C=O) groups is 2. The number of halogens is 1. The Morgan fingerprint density at radius 2 is 2.18 bits per heavy atom. The first-order valence-corrected chi connectivity index (χ1v) is 5.58. The number of pyridine rings is 1. The van der Waals surface area contributed by atoms with Gasteiger partial charge in [-0.05, 0) is 26.0 Å². The van der Waals surface area contributed by atoms with Crippen molar-refractivity contribution in [3.63, 3.8) is 0 Å². The number of hydrogen-bond donors (Lipinski definition) is 2. The van der Waals surface area contributed by atoms with Crippen LogP contribution in [-0.2, 0) is 11.3 Å². The van der Waals surface area contributed by atoms with E-state index in [0.717, 1.165) is 11.4 Å². The van der Waals surface area contributed by atoms with Gasteiger partial charge in [-0.2, -0.15) is 0 Å². The normalized spacial score (nSPS) is 11.7. The maximum atomic E-state index is 11.3. The molecule has 1 atom stereocenters. The number of nitrogens with one attached hydrogen (secondary N) is 2. The Bertz CT molecular complexity index is 421. The van der Waals surface area contributed by atoms with E-state index < -0.39 is 17.3 Å². The monoisotopic (exact) mass is 255 g/mol. The zero-order valence-electron chi connectivity index (χ0n) is 9.66. The Kier molecular flexibility index (Phi) is 4.90. The molecule has 1 heterocycles. The van der Waals surface area contributed by atoms with Crippen LogP contribution in [-0.4, -0.2) is 22.3 Å². The summed E-state index contributed by atoms with van der Waals surface area (Å²) in [6, 6.07) is 4.93. The van der Waals surface area contributed by atoms with Crippen LogP contribution in [0.5, 0.6) is 0 Å². The van der Waals surface area contributed by atoms with Crippen LogP contribution in [0.25, 0.3) is 0 Å². The molecule has 2 N–H and O–H groups in total. The third-order valence-electron chi connectivity index (χ3n) is 1.97. The summed E-state index contributed by atoms with van der Waals surface area (Å²) >= 11 is 5.51. The quantitative estimate of drug-likeness (QED) is 0.801. The van der Waals surface area contributed by atoms with Gasteiger partial charge in [-0.15, -0.1) is 11.6 Å². The molecule has 0 aliphatic carbocycles. The summed E-state index contributed by atoms with van der Waals surface area (Å²) in [6.45, 7) is 3.62. The topological polar surface area (TPSA) is 71.1 Å². The van der Waals surface area contributed by atoms with Crippen LogP contribution >= 0.6 is 11.6 Å². The number of rotatable bonds is 3. The number of alkyl halides is 1. The first kappa shape index (κ1) is 13.4. The molecule has 5 nitrogen and oxygen atoms in total. The number of nitrogens with zero attached hydrogens (tertiary/aromatic N) is 1. The SMILES string of the molecule is Cc1cccc(CNC(=O)NC(=O)C(C)Cl)n1. The standard InChI is InChI=1S/C11H14ClN3O2/c1-7-4-3-5-9(14-7)6-13-11(17)15-10(16)8(2)12/h3-5,8H,6H2,1-2H3,(H2,13,15,16,17). The second-order valence-electron chi connectivity index (χ2n) is 3.56. The lowest BCUT2D eigenvalue weighted by atomic mass is 10.3. The molecule has 0 aliphatic heterocycles. The highest BCUT2D eigenvalue weighted by Crippen LogP contribution is 1.97. The minimum Gasteiger partial charge on any atom is -0.332 e. The van der Waals surface area contributed by atoms with Crippen molar-refractivity contribution in [2.75, 3.05) is 0 Å². The number of hydrogen-bond acceptors (Lipinski definition) is 3. The van der Waals surface area contributed by atoms with Gasteiger partial charge in [0.15, 0.2) is 0 Å². The molecule has 0 spiro atoms. The molecular weight excluding hydrogens is 242 g/mol. The van der Waals surface area contributed by atoms with E-state index in [2.05, 4.69) is 15.6 Å². The molecule has 0 radical (unpaired) electrons. The molecule has 0 aromatic carbocycles. The third-order valence-corrected chi connectivity index (χ3v) is 2.17. The van der Waals surface area contributed by atoms with Gasteiger partial charge in [0.05, 0.1) is 12.2 Å². The highest BCUT2D eigenvalue weighted by molar-refractivity contribution is 6.31. The highest BCUT2D eigenvalue weighted by Gasteiger charge is 2.12. The summed E-state index contributed by atoms with van der Waals surface area (Å²) in [6.07, 6.45) is 0. The van der Waals surface area contributed by atoms with Gasteiger partial charge in [0.1, 0.15) is 5.38 Å². The Hall–Kier alpha value is -1.62. The van der Waals surface area contributed by atoms with Crippen molar-refractivity contribution in [2.45, 2.75) is 25.8 Å².